The number of benzene rings is 1. The molecule has 78 valence electrons. The van der Waals surface area contributed by atoms with Crippen molar-refractivity contribution in [2.75, 3.05) is 12.4 Å². The second kappa shape index (κ2) is 3.74. The number of nitrogens with two attached hydrogens (primary N) is 1. The molecule has 0 saturated carbocycles. The minimum Gasteiger partial charge on any atom is -0.508 e. The molecule has 2 rings (SSSR count). The highest BCUT2D eigenvalue weighted by Crippen LogP contribution is 2.26. The largest absolute Gasteiger partial charge is 0.508 e. The zero-order valence-electron chi connectivity index (χ0n) is 8.49. The van der Waals surface area contributed by atoms with Gasteiger partial charge in [-0.25, -0.2) is 0 Å². The van der Waals surface area contributed by atoms with Gasteiger partial charge in [-0.05, 0) is 24.3 Å². The summed E-state index contributed by atoms with van der Waals surface area (Å²) in [6, 6.07) is 6.98. The van der Waals surface area contributed by atoms with E-state index >= 15 is 0 Å². The smallest absolute Gasteiger partial charge is 0.116 e. The molecule has 4 heteroatoms. The minimum absolute atomic E-state index is 0.237. The highest BCUT2D eigenvalue weighted by atomic mass is 16.3. The first-order chi connectivity index (χ1) is 7.24. The van der Waals surface area contributed by atoms with Gasteiger partial charge in [0.25, 0.3) is 0 Å². The van der Waals surface area contributed by atoms with Gasteiger partial charge in [0, 0.05) is 24.7 Å². The molecule has 0 unspecified atom stereocenters. The molecular weight excluding hydrogens is 190 g/mol. The quantitative estimate of drug-likeness (QED) is 0.690. The molecule has 0 fully saturated rings. The fourth-order valence-corrected chi connectivity index (χ4v) is 1.58. The summed E-state index contributed by atoms with van der Waals surface area (Å²) in [5, 5.41) is 13.4. The zero-order valence-corrected chi connectivity index (χ0v) is 8.49. The molecule has 0 amide bonds. The van der Waals surface area contributed by atoms with Gasteiger partial charge in [0.15, 0.2) is 0 Å². The maximum Gasteiger partial charge on any atom is 0.116 e. The molecule has 0 radical (unpaired) electrons. The van der Waals surface area contributed by atoms with Crippen LogP contribution in [0.1, 0.15) is 5.69 Å². The van der Waals surface area contributed by atoms with Gasteiger partial charge in [-0.3, -0.25) is 4.98 Å². The van der Waals surface area contributed by atoms with E-state index < -0.39 is 0 Å². The van der Waals surface area contributed by atoms with Gasteiger partial charge in [0.05, 0.1) is 11.2 Å². The van der Waals surface area contributed by atoms with Crippen LogP contribution in [0.5, 0.6) is 5.75 Å². The molecule has 0 aliphatic rings. The van der Waals surface area contributed by atoms with Gasteiger partial charge in [0.1, 0.15) is 5.75 Å². The molecule has 0 spiro atoms. The summed E-state index contributed by atoms with van der Waals surface area (Å²) in [4.78, 5) is 4.37. The first kappa shape index (κ1) is 9.73. The molecule has 0 aliphatic heterocycles. The topological polar surface area (TPSA) is 71.2 Å². The molecule has 4 nitrogen and oxygen atoms in total. The van der Waals surface area contributed by atoms with Gasteiger partial charge < -0.3 is 16.2 Å². The lowest BCUT2D eigenvalue weighted by Crippen LogP contribution is -2.01. The molecule has 0 aliphatic carbocycles. The van der Waals surface area contributed by atoms with Gasteiger partial charge in [-0.2, -0.15) is 0 Å². The Hall–Kier alpha value is -1.81. The van der Waals surface area contributed by atoms with E-state index in [0.29, 0.717) is 6.54 Å². The lowest BCUT2D eigenvalue weighted by molar-refractivity contribution is 0.476. The predicted molar refractivity (Wildman–Crippen MR) is 60.8 cm³/mol. The van der Waals surface area contributed by atoms with E-state index in [1.54, 1.807) is 18.2 Å². The van der Waals surface area contributed by atoms with Crippen molar-refractivity contribution in [3.8, 4) is 5.75 Å². The minimum atomic E-state index is 0.237. The lowest BCUT2D eigenvalue weighted by Gasteiger charge is -2.08. The number of fused-ring (bicyclic) bond motifs is 1. The molecule has 2 aromatic rings. The molecule has 0 saturated heterocycles. The van der Waals surface area contributed by atoms with Gasteiger partial charge in [-0.15, -0.1) is 0 Å². The second-order valence-electron chi connectivity index (χ2n) is 3.32. The van der Waals surface area contributed by atoms with Crippen LogP contribution in [0, 0.1) is 0 Å². The number of aromatic nitrogens is 1. The first-order valence-electron chi connectivity index (χ1n) is 4.75. The van der Waals surface area contributed by atoms with Crippen molar-refractivity contribution < 1.29 is 5.11 Å². The number of hydrogen-bond acceptors (Lipinski definition) is 4. The van der Waals surface area contributed by atoms with E-state index in [2.05, 4.69) is 10.3 Å². The molecule has 0 bridgehead atoms. The second-order valence-corrected chi connectivity index (χ2v) is 3.32. The number of phenols is 1. The normalized spacial score (nSPS) is 10.5. The van der Waals surface area contributed by atoms with Crippen LogP contribution in [0.4, 0.5) is 5.69 Å². The first-order valence-corrected chi connectivity index (χ1v) is 4.75. The molecule has 0 atom stereocenters. The Kier molecular flexibility index (Phi) is 2.43. The van der Waals surface area contributed by atoms with Gasteiger partial charge >= 0.3 is 0 Å². The van der Waals surface area contributed by atoms with Crippen LogP contribution in [0.2, 0.25) is 0 Å². The SMILES string of the molecule is CNc1cc(CN)nc2ccc(O)cc12. The molecule has 4 N–H and O–H groups in total. The number of hydrogen-bond donors (Lipinski definition) is 3. The average Bonchev–Trinajstić information content (AvgIpc) is 2.27. The van der Waals surface area contributed by atoms with Crippen LogP contribution in [0.25, 0.3) is 10.9 Å². The maximum atomic E-state index is 9.40. The third kappa shape index (κ3) is 1.71. The fourth-order valence-electron chi connectivity index (χ4n) is 1.58. The summed E-state index contributed by atoms with van der Waals surface area (Å²) in [7, 11) is 1.83. The third-order valence-electron chi connectivity index (χ3n) is 2.32. The summed E-state index contributed by atoms with van der Waals surface area (Å²) >= 11 is 0. The van der Waals surface area contributed by atoms with E-state index in [-0.39, 0.29) is 5.75 Å². The lowest BCUT2D eigenvalue weighted by atomic mass is 10.1. The monoisotopic (exact) mass is 203 g/mol. The Balaban J connectivity index is 2.75. The molecule has 1 heterocycles. The van der Waals surface area contributed by atoms with E-state index in [1.165, 1.54) is 0 Å². The van der Waals surface area contributed by atoms with Crippen LogP contribution in [0.15, 0.2) is 24.3 Å². The van der Waals surface area contributed by atoms with E-state index in [1.807, 2.05) is 13.1 Å². The Morgan fingerprint density at radius 1 is 1.40 bits per heavy atom. The maximum absolute atomic E-state index is 9.40. The number of pyridine rings is 1. The van der Waals surface area contributed by atoms with Crippen molar-refractivity contribution in [3.05, 3.63) is 30.0 Å². The van der Waals surface area contributed by atoms with Crippen molar-refractivity contribution in [3.63, 3.8) is 0 Å². The summed E-state index contributed by atoms with van der Waals surface area (Å²) in [6.45, 7) is 0.408. The standard InChI is InChI=1S/C11H13N3O/c1-13-11-4-7(6-12)14-10-3-2-8(15)5-9(10)11/h2-5,15H,6,12H2,1H3,(H,13,14). The number of aromatic hydroxyl groups is 1. The number of anilines is 1. The molecule has 1 aromatic carbocycles. The number of nitrogens with one attached hydrogen (secondary N) is 1. The fraction of sp³-hybridized carbons (Fsp3) is 0.182. The van der Waals surface area contributed by atoms with Gasteiger partial charge in [0.2, 0.25) is 0 Å². The van der Waals surface area contributed by atoms with Crippen LogP contribution in [0.3, 0.4) is 0 Å². The summed E-state index contributed by atoms with van der Waals surface area (Å²) in [5.41, 5.74) is 8.15. The Labute approximate surface area is 87.7 Å². The van der Waals surface area contributed by atoms with Crippen molar-refractivity contribution >= 4 is 16.6 Å². The summed E-state index contributed by atoms with van der Waals surface area (Å²) in [6.07, 6.45) is 0. The zero-order chi connectivity index (χ0) is 10.8. The summed E-state index contributed by atoms with van der Waals surface area (Å²) in [5.74, 6) is 0.237. The van der Waals surface area contributed by atoms with Crippen molar-refractivity contribution in [2.24, 2.45) is 5.73 Å². The van der Waals surface area contributed by atoms with E-state index in [0.717, 1.165) is 22.3 Å². The molecular formula is C11H13N3O. The molecule has 15 heavy (non-hydrogen) atoms. The number of nitrogens with zero attached hydrogens (tertiary/aromatic N) is 1. The Morgan fingerprint density at radius 2 is 2.20 bits per heavy atom. The van der Waals surface area contributed by atoms with Crippen LogP contribution >= 0.6 is 0 Å². The van der Waals surface area contributed by atoms with Crippen LogP contribution in [-0.4, -0.2) is 17.1 Å². The van der Waals surface area contributed by atoms with E-state index in [4.69, 9.17) is 5.73 Å². The van der Waals surface area contributed by atoms with E-state index in [9.17, 15) is 5.11 Å². The average molecular weight is 203 g/mol. The third-order valence-corrected chi connectivity index (χ3v) is 2.32. The van der Waals surface area contributed by atoms with Crippen LogP contribution in [-0.2, 0) is 6.54 Å². The van der Waals surface area contributed by atoms with Crippen molar-refractivity contribution in [1.82, 2.24) is 4.98 Å². The Bertz CT molecular complexity index is 496. The van der Waals surface area contributed by atoms with Crippen molar-refractivity contribution in [1.29, 1.82) is 0 Å². The number of rotatable bonds is 2. The highest BCUT2D eigenvalue weighted by molar-refractivity contribution is 5.92. The predicted octanol–water partition coefficient (Wildman–Crippen LogP) is 1.44. The van der Waals surface area contributed by atoms with Crippen LogP contribution < -0.4 is 11.1 Å². The number of phenolic OH excluding ortho intramolecular Hbond substituents is 1. The summed E-state index contributed by atoms with van der Waals surface area (Å²) < 4.78 is 0. The van der Waals surface area contributed by atoms with Gasteiger partial charge in [-0.1, -0.05) is 0 Å². The Morgan fingerprint density at radius 3 is 2.87 bits per heavy atom. The van der Waals surface area contributed by atoms with Crippen molar-refractivity contribution in [2.45, 2.75) is 6.54 Å². The molecule has 1 aromatic heterocycles. The highest BCUT2D eigenvalue weighted by Gasteiger charge is 2.04.